The second kappa shape index (κ2) is 7.78. The zero-order valence-electron chi connectivity index (χ0n) is 12.1. The highest BCUT2D eigenvalue weighted by Crippen LogP contribution is 2.15. The van der Waals surface area contributed by atoms with E-state index in [2.05, 4.69) is 57.0 Å². The van der Waals surface area contributed by atoms with Crippen LogP contribution in [0.2, 0.25) is 0 Å². The van der Waals surface area contributed by atoms with Crippen LogP contribution in [0.3, 0.4) is 0 Å². The van der Waals surface area contributed by atoms with Crippen molar-refractivity contribution >= 4 is 12.4 Å². The van der Waals surface area contributed by atoms with E-state index < -0.39 is 0 Å². The van der Waals surface area contributed by atoms with Crippen LogP contribution < -0.4 is 5.73 Å². The molecule has 2 nitrogen and oxygen atoms in total. The Morgan fingerprint density at radius 2 is 1.61 bits per heavy atom. The number of rotatable bonds is 6. The molecule has 0 spiro atoms. The summed E-state index contributed by atoms with van der Waals surface area (Å²) in [6, 6.07) is 8.89. The minimum absolute atomic E-state index is 0. The van der Waals surface area contributed by atoms with Crippen LogP contribution in [0.1, 0.15) is 31.9 Å². The number of benzene rings is 1. The molecule has 104 valence electrons. The lowest BCUT2D eigenvalue weighted by atomic mass is 9.93. The van der Waals surface area contributed by atoms with E-state index >= 15 is 0 Å². The van der Waals surface area contributed by atoms with Gasteiger partial charge in [0.15, 0.2) is 0 Å². The fourth-order valence-corrected chi connectivity index (χ4v) is 2.04. The second-order valence-electron chi connectivity index (χ2n) is 5.71. The van der Waals surface area contributed by atoms with Gasteiger partial charge in [-0.1, -0.05) is 45.0 Å². The minimum atomic E-state index is 0. The maximum absolute atomic E-state index is 5.76. The quantitative estimate of drug-likeness (QED) is 0.861. The lowest BCUT2D eigenvalue weighted by Crippen LogP contribution is -2.36. The molecule has 0 bridgehead atoms. The van der Waals surface area contributed by atoms with Gasteiger partial charge in [-0.3, -0.25) is 0 Å². The Labute approximate surface area is 118 Å². The molecule has 0 heterocycles. The van der Waals surface area contributed by atoms with Crippen LogP contribution in [-0.4, -0.2) is 25.0 Å². The molecule has 1 aromatic carbocycles. The van der Waals surface area contributed by atoms with E-state index in [1.165, 1.54) is 11.1 Å². The molecule has 0 radical (unpaired) electrons. The lowest BCUT2D eigenvalue weighted by Gasteiger charge is -2.29. The number of nitrogens with two attached hydrogens (primary N) is 1. The highest BCUT2D eigenvalue weighted by Gasteiger charge is 2.17. The van der Waals surface area contributed by atoms with E-state index in [1.807, 2.05) is 0 Å². The first-order valence-electron chi connectivity index (χ1n) is 6.43. The Balaban J connectivity index is 0.00000289. The SMILES string of the molecule is CCc1ccc(CN(C)CC(C)(C)CN)cc1.Cl. The van der Waals surface area contributed by atoms with Gasteiger partial charge in [0.05, 0.1) is 0 Å². The smallest absolute Gasteiger partial charge is 0.0230 e. The van der Waals surface area contributed by atoms with E-state index in [4.69, 9.17) is 5.73 Å². The van der Waals surface area contributed by atoms with Gasteiger partial charge >= 0.3 is 0 Å². The predicted octanol–water partition coefficient (Wildman–Crippen LogP) is 3.09. The zero-order valence-corrected chi connectivity index (χ0v) is 12.9. The number of hydrogen-bond donors (Lipinski definition) is 1. The van der Waals surface area contributed by atoms with Crippen molar-refractivity contribution in [3.05, 3.63) is 35.4 Å². The van der Waals surface area contributed by atoms with E-state index in [9.17, 15) is 0 Å². The first-order chi connectivity index (χ1) is 7.96. The van der Waals surface area contributed by atoms with Crippen LogP contribution in [-0.2, 0) is 13.0 Å². The van der Waals surface area contributed by atoms with Crippen molar-refractivity contribution in [3.8, 4) is 0 Å². The molecular formula is C15H27ClN2. The molecule has 3 heteroatoms. The second-order valence-corrected chi connectivity index (χ2v) is 5.71. The number of nitrogens with zero attached hydrogens (tertiary/aromatic N) is 1. The average molecular weight is 271 g/mol. The summed E-state index contributed by atoms with van der Waals surface area (Å²) < 4.78 is 0. The van der Waals surface area contributed by atoms with Crippen LogP contribution in [0.4, 0.5) is 0 Å². The van der Waals surface area contributed by atoms with Crippen LogP contribution in [0, 0.1) is 5.41 Å². The summed E-state index contributed by atoms with van der Waals surface area (Å²) in [5.41, 5.74) is 8.73. The number of halogens is 1. The predicted molar refractivity (Wildman–Crippen MR) is 82.2 cm³/mol. The van der Waals surface area contributed by atoms with Crippen LogP contribution >= 0.6 is 12.4 Å². The molecule has 0 aromatic heterocycles. The Kier molecular flexibility index (Phi) is 7.53. The van der Waals surface area contributed by atoms with Gasteiger partial charge in [-0.25, -0.2) is 0 Å². The minimum Gasteiger partial charge on any atom is -0.330 e. The summed E-state index contributed by atoms with van der Waals surface area (Å²) in [6.07, 6.45) is 1.11. The Morgan fingerprint density at radius 3 is 2.06 bits per heavy atom. The largest absolute Gasteiger partial charge is 0.330 e. The molecule has 0 aliphatic rings. The fraction of sp³-hybridized carbons (Fsp3) is 0.600. The first-order valence-corrected chi connectivity index (χ1v) is 6.43. The standard InChI is InChI=1S/C15H26N2.ClH/c1-5-13-6-8-14(9-7-13)10-17(4)12-15(2,3)11-16;/h6-9H,5,10-12,16H2,1-4H3;1H. The van der Waals surface area contributed by atoms with Gasteiger partial charge in [-0.05, 0) is 36.6 Å². The Morgan fingerprint density at radius 1 is 1.11 bits per heavy atom. The summed E-state index contributed by atoms with van der Waals surface area (Å²) >= 11 is 0. The molecule has 0 saturated heterocycles. The third-order valence-electron chi connectivity index (χ3n) is 3.13. The van der Waals surface area contributed by atoms with Crippen molar-refractivity contribution in [2.24, 2.45) is 11.1 Å². The summed E-state index contributed by atoms with van der Waals surface area (Å²) in [5, 5.41) is 0. The van der Waals surface area contributed by atoms with Gasteiger partial charge in [0.1, 0.15) is 0 Å². The van der Waals surface area contributed by atoms with E-state index in [-0.39, 0.29) is 17.8 Å². The van der Waals surface area contributed by atoms with Crippen LogP contribution in [0.25, 0.3) is 0 Å². The highest BCUT2D eigenvalue weighted by molar-refractivity contribution is 5.85. The van der Waals surface area contributed by atoms with Crippen LogP contribution in [0.15, 0.2) is 24.3 Å². The van der Waals surface area contributed by atoms with Gasteiger partial charge in [0, 0.05) is 13.1 Å². The first kappa shape index (κ1) is 17.4. The summed E-state index contributed by atoms with van der Waals surface area (Å²) in [5.74, 6) is 0. The third-order valence-corrected chi connectivity index (χ3v) is 3.13. The topological polar surface area (TPSA) is 29.3 Å². The van der Waals surface area contributed by atoms with Crippen molar-refractivity contribution in [1.29, 1.82) is 0 Å². The van der Waals surface area contributed by atoms with Gasteiger partial charge in [-0.15, -0.1) is 12.4 Å². The van der Waals surface area contributed by atoms with Gasteiger partial charge in [-0.2, -0.15) is 0 Å². The molecule has 0 amide bonds. The van der Waals surface area contributed by atoms with Crippen molar-refractivity contribution in [2.75, 3.05) is 20.1 Å². The van der Waals surface area contributed by atoms with E-state index in [1.54, 1.807) is 0 Å². The Bertz CT molecular complexity index is 333. The number of hydrogen-bond acceptors (Lipinski definition) is 2. The lowest BCUT2D eigenvalue weighted by molar-refractivity contribution is 0.210. The summed E-state index contributed by atoms with van der Waals surface area (Å²) in [7, 11) is 2.16. The third kappa shape index (κ3) is 5.85. The van der Waals surface area contributed by atoms with Crippen LogP contribution in [0.5, 0.6) is 0 Å². The maximum atomic E-state index is 5.76. The molecule has 0 atom stereocenters. The van der Waals surface area contributed by atoms with Crippen molar-refractivity contribution in [2.45, 2.75) is 33.7 Å². The van der Waals surface area contributed by atoms with Gasteiger partial charge < -0.3 is 10.6 Å². The molecule has 0 saturated carbocycles. The van der Waals surface area contributed by atoms with E-state index in [0.717, 1.165) is 26.1 Å². The normalized spacial score (nSPS) is 11.4. The molecule has 1 rings (SSSR count). The molecule has 2 N–H and O–H groups in total. The van der Waals surface area contributed by atoms with E-state index in [0.29, 0.717) is 0 Å². The Hall–Kier alpha value is -0.570. The number of aryl methyl sites for hydroxylation is 1. The molecule has 18 heavy (non-hydrogen) atoms. The monoisotopic (exact) mass is 270 g/mol. The van der Waals surface area contributed by atoms with Crippen molar-refractivity contribution in [3.63, 3.8) is 0 Å². The molecule has 0 fully saturated rings. The maximum Gasteiger partial charge on any atom is 0.0230 e. The molecular weight excluding hydrogens is 244 g/mol. The summed E-state index contributed by atoms with van der Waals surface area (Å²) in [4.78, 5) is 2.34. The zero-order chi connectivity index (χ0) is 12.9. The van der Waals surface area contributed by atoms with Crippen molar-refractivity contribution < 1.29 is 0 Å². The summed E-state index contributed by atoms with van der Waals surface area (Å²) in [6.45, 7) is 9.36. The highest BCUT2D eigenvalue weighted by atomic mass is 35.5. The van der Waals surface area contributed by atoms with Gasteiger partial charge in [0.25, 0.3) is 0 Å². The van der Waals surface area contributed by atoms with Gasteiger partial charge in [0.2, 0.25) is 0 Å². The molecule has 0 aliphatic heterocycles. The fourth-order valence-electron chi connectivity index (χ4n) is 2.04. The molecule has 1 aromatic rings. The van der Waals surface area contributed by atoms with Crippen molar-refractivity contribution in [1.82, 2.24) is 4.90 Å². The molecule has 0 aliphatic carbocycles. The average Bonchev–Trinajstić information content (AvgIpc) is 2.29. The molecule has 0 unspecified atom stereocenters.